The Balaban J connectivity index is 1.64. The molecule has 25 heavy (non-hydrogen) atoms. The molecule has 0 radical (unpaired) electrons. The molecule has 3 aliphatic carbocycles. The van der Waals surface area contributed by atoms with Crippen LogP contribution >= 0.6 is 12.2 Å². The van der Waals surface area contributed by atoms with Crippen LogP contribution in [0.2, 0.25) is 0 Å². The molecule has 3 aliphatic rings. The van der Waals surface area contributed by atoms with Crippen LogP contribution < -0.4 is 10.6 Å². The normalized spacial score (nSPS) is 40.9. The minimum atomic E-state index is 0.334. The molecule has 2 bridgehead atoms. The van der Waals surface area contributed by atoms with Crippen LogP contribution in [0.25, 0.3) is 0 Å². The molecule has 2 N–H and O–H groups in total. The lowest BCUT2D eigenvalue weighted by molar-refractivity contribution is 0.0715. The summed E-state index contributed by atoms with van der Waals surface area (Å²) in [5.74, 6) is 3.30. The second kappa shape index (κ2) is 7.37. The summed E-state index contributed by atoms with van der Waals surface area (Å²) in [6.45, 7) is 12.0. The largest absolute Gasteiger partial charge is 0.359 e. The van der Waals surface area contributed by atoms with Gasteiger partial charge in [0.05, 0.1) is 0 Å². The summed E-state index contributed by atoms with van der Waals surface area (Å²) in [6.07, 6.45) is 12.0. The highest BCUT2D eigenvalue weighted by atomic mass is 32.1. The highest BCUT2D eigenvalue weighted by molar-refractivity contribution is 7.80. The third-order valence-corrected chi connectivity index (χ3v) is 8.10. The lowest BCUT2D eigenvalue weighted by atomic mass is 9.62. The van der Waals surface area contributed by atoms with Crippen molar-refractivity contribution in [3.8, 4) is 0 Å². The Morgan fingerprint density at radius 3 is 2.00 bits per heavy atom. The summed E-state index contributed by atoms with van der Waals surface area (Å²) in [6, 6.07) is 0.559. The van der Waals surface area contributed by atoms with Crippen LogP contribution in [0.1, 0.15) is 92.4 Å². The van der Waals surface area contributed by atoms with Crippen LogP contribution in [0.4, 0.5) is 0 Å². The van der Waals surface area contributed by atoms with E-state index in [0.717, 1.165) is 28.8 Å². The molecule has 2 unspecified atom stereocenters. The fraction of sp³-hybridized carbons (Fsp3) is 0.955. The highest BCUT2D eigenvalue weighted by Crippen LogP contribution is 2.48. The first kappa shape index (κ1) is 19.5. The summed E-state index contributed by atoms with van der Waals surface area (Å²) in [5.41, 5.74) is 0.757. The van der Waals surface area contributed by atoms with Crippen LogP contribution in [-0.4, -0.2) is 16.7 Å². The standard InChI is InChI=1S/C22H40N2S/c1-6-16-12-18(21(3,4)5)13-17(7-2)19(16)23-20(25)24-22-10-8-15(14-22)9-11-22/h15-19H,6-14H2,1-5H3,(H2,23,24,25). The van der Waals surface area contributed by atoms with Crippen LogP contribution in [0.5, 0.6) is 0 Å². The van der Waals surface area contributed by atoms with E-state index in [1.54, 1.807) is 0 Å². The van der Waals surface area contributed by atoms with Gasteiger partial charge in [-0.05, 0) is 86.3 Å². The minimum Gasteiger partial charge on any atom is -0.359 e. The zero-order valence-corrected chi connectivity index (χ0v) is 18.0. The van der Waals surface area contributed by atoms with Crippen LogP contribution in [0.3, 0.4) is 0 Å². The van der Waals surface area contributed by atoms with Gasteiger partial charge < -0.3 is 10.6 Å². The molecule has 0 aromatic carbocycles. The smallest absolute Gasteiger partial charge is 0.166 e. The molecule has 2 nitrogen and oxygen atoms in total. The van der Waals surface area contributed by atoms with Crippen molar-refractivity contribution >= 4 is 17.3 Å². The maximum atomic E-state index is 5.81. The molecule has 3 saturated carbocycles. The Kier molecular flexibility index (Phi) is 5.73. The van der Waals surface area contributed by atoms with E-state index >= 15 is 0 Å². The van der Waals surface area contributed by atoms with Gasteiger partial charge in [-0.1, -0.05) is 47.5 Å². The molecule has 0 heterocycles. The van der Waals surface area contributed by atoms with Crippen molar-refractivity contribution in [3.63, 3.8) is 0 Å². The molecule has 0 spiro atoms. The number of thiocarbonyl (C=S) groups is 1. The minimum absolute atomic E-state index is 0.334. The predicted octanol–water partition coefficient (Wildman–Crippen LogP) is 5.66. The van der Waals surface area contributed by atoms with Crippen molar-refractivity contribution in [2.45, 2.75) is 104 Å². The lowest BCUT2D eigenvalue weighted by Gasteiger charge is -2.47. The molecule has 0 aliphatic heterocycles. The van der Waals surface area contributed by atoms with E-state index < -0.39 is 0 Å². The van der Waals surface area contributed by atoms with Gasteiger partial charge >= 0.3 is 0 Å². The highest BCUT2D eigenvalue weighted by Gasteiger charge is 2.46. The third kappa shape index (κ3) is 4.17. The molecule has 0 aromatic heterocycles. The number of nitrogens with one attached hydrogen (secondary N) is 2. The SMILES string of the molecule is CCC1CC(C(C)(C)C)CC(CC)C1NC(=S)NC12CCC(CC1)C2. The van der Waals surface area contributed by atoms with Crippen molar-refractivity contribution in [1.82, 2.24) is 10.6 Å². The van der Waals surface area contributed by atoms with Gasteiger partial charge in [-0.15, -0.1) is 0 Å². The molecule has 3 heteroatoms. The predicted molar refractivity (Wildman–Crippen MR) is 112 cm³/mol. The van der Waals surface area contributed by atoms with Gasteiger partial charge in [0.15, 0.2) is 5.11 Å². The number of hydrogen-bond acceptors (Lipinski definition) is 1. The maximum absolute atomic E-state index is 5.81. The van der Waals surface area contributed by atoms with Gasteiger partial charge in [-0.25, -0.2) is 0 Å². The van der Waals surface area contributed by atoms with Gasteiger partial charge in [0.1, 0.15) is 0 Å². The molecule has 0 aromatic rings. The van der Waals surface area contributed by atoms with E-state index in [0.29, 0.717) is 17.0 Å². The van der Waals surface area contributed by atoms with Gasteiger partial charge in [0.2, 0.25) is 0 Å². The molecular formula is C22H40N2S. The maximum Gasteiger partial charge on any atom is 0.166 e. The fourth-order valence-corrected chi connectivity index (χ4v) is 6.44. The summed E-state index contributed by atoms with van der Waals surface area (Å²) < 4.78 is 0. The molecule has 144 valence electrons. The van der Waals surface area contributed by atoms with E-state index in [1.807, 2.05) is 0 Å². The summed E-state index contributed by atoms with van der Waals surface area (Å²) in [4.78, 5) is 0. The molecular weight excluding hydrogens is 324 g/mol. The zero-order valence-electron chi connectivity index (χ0n) is 17.2. The first-order valence-corrected chi connectivity index (χ1v) is 11.3. The van der Waals surface area contributed by atoms with E-state index in [9.17, 15) is 0 Å². The summed E-state index contributed by atoms with van der Waals surface area (Å²) in [5, 5.41) is 8.54. The molecule has 2 atom stereocenters. The van der Waals surface area contributed by atoms with Crippen LogP contribution in [0, 0.1) is 29.1 Å². The Bertz CT molecular complexity index is 459. The number of hydrogen-bond donors (Lipinski definition) is 2. The Hall–Kier alpha value is -0.310. The second-order valence-electron chi connectivity index (χ2n) is 10.4. The first-order chi connectivity index (χ1) is 11.8. The monoisotopic (exact) mass is 364 g/mol. The van der Waals surface area contributed by atoms with Gasteiger partial charge in [0.25, 0.3) is 0 Å². The first-order valence-electron chi connectivity index (χ1n) is 10.8. The average Bonchev–Trinajstić information content (AvgIpc) is 3.13. The second-order valence-corrected chi connectivity index (χ2v) is 10.8. The Morgan fingerprint density at radius 2 is 1.60 bits per heavy atom. The van der Waals surface area contributed by atoms with Gasteiger partial charge in [-0.2, -0.15) is 0 Å². The third-order valence-electron chi connectivity index (χ3n) is 7.88. The fourth-order valence-electron chi connectivity index (χ4n) is 6.08. The average molecular weight is 365 g/mol. The van der Waals surface area contributed by atoms with Crippen molar-refractivity contribution in [2.24, 2.45) is 29.1 Å². The van der Waals surface area contributed by atoms with E-state index in [1.165, 1.54) is 57.8 Å². The molecule has 3 fully saturated rings. The van der Waals surface area contributed by atoms with Crippen molar-refractivity contribution in [1.29, 1.82) is 0 Å². The number of rotatable bonds is 4. The zero-order chi connectivity index (χ0) is 18.2. The topological polar surface area (TPSA) is 24.1 Å². The Labute approximate surface area is 161 Å². The lowest BCUT2D eigenvalue weighted by Crippen LogP contribution is -2.56. The van der Waals surface area contributed by atoms with E-state index in [4.69, 9.17) is 12.2 Å². The van der Waals surface area contributed by atoms with Gasteiger partial charge in [0, 0.05) is 11.6 Å². The molecule has 0 saturated heterocycles. The number of fused-ring (bicyclic) bond motifs is 2. The van der Waals surface area contributed by atoms with Crippen molar-refractivity contribution < 1.29 is 0 Å². The van der Waals surface area contributed by atoms with E-state index in [2.05, 4.69) is 45.3 Å². The summed E-state index contributed by atoms with van der Waals surface area (Å²) >= 11 is 5.81. The van der Waals surface area contributed by atoms with E-state index in [-0.39, 0.29) is 0 Å². The van der Waals surface area contributed by atoms with Crippen LogP contribution in [0.15, 0.2) is 0 Å². The Morgan fingerprint density at radius 1 is 1.04 bits per heavy atom. The van der Waals surface area contributed by atoms with Gasteiger partial charge in [-0.3, -0.25) is 0 Å². The molecule has 0 amide bonds. The summed E-state index contributed by atoms with van der Waals surface area (Å²) in [7, 11) is 0. The molecule has 3 rings (SSSR count). The quantitative estimate of drug-likeness (QED) is 0.629. The van der Waals surface area contributed by atoms with Crippen molar-refractivity contribution in [3.05, 3.63) is 0 Å². The van der Waals surface area contributed by atoms with Crippen molar-refractivity contribution in [2.75, 3.05) is 0 Å². The van der Waals surface area contributed by atoms with Crippen LogP contribution in [-0.2, 0) is 0 Å².